The summed E-state index contributed by atoms with van der Waals surface area (Å²) in [6, 6.07) is 0. The first kappa shape index (κ1) is 18.4. The summed E-state index contributed by atoms with van der Waals surface area (Å²) >= 11 is 11.5. The molecule has 0 radical (unpaired) electrons. The van der Waals surface area contributed by atoms with Crippen LogP contribution in [-0.4, -0.2) is 39.8 Å². The summed E-state index contributed by atoms with van der Waals surface area (Å²) in [5, 5.41) is 8.47. The van der Waals surface area contributed by atoms with E-state index in [-0.39, 0.29) is 0 Å². The molecule has 0 amide bonds. The van der Waals surface area contributed by atoms with E-state index in [1.54, 1.807) is 17.3 Å². The number of rotatable bonds is 3. The molecule has 0 saturated carbocycles. The van der Waals surface area contributed by atoms with Crippen LogP contribution in [0.5, 0.6) is 0 Å². The first-order valence-corrected chi connectivity index (χ1v) is 8.18. The Morgan fingerprint density at radius 3 is 2.42 bits per heavy atom. The molecule has 1 heterocycles. The quantitative estimate of drug-likeness (QED) is 0.259. The van der Waals surface area contributed by atoms with Gasteiger partial charge in [0.1, 0.15) is 5.69 Å². The third-order valence-electron chi connectivity index (χ3n) is 2.12. The molecule has 111 valence electrons. The van der Waals surface area contributed by atoms with Crippen molar-refractivity contribution in [3.8, 4) is 0 Å². The van der Waals surface area contributed by atoms with Crippen LogP contribution in [0.1, 0.15) is 25.2 Å². The number of amidine groups is 1. The molecular weight excluding hydrogens is 378 g/mol. The second kappa shape index (κ2) is 10.3. The zero-order valence-corrected chi connectivity index (χ0v) is 14.5. The number of hydrogen-bond donors (Lipinski definition) is 0. The van der Waals surface area contributed by atoms with Crippen molar-refractivity contribution in [2.45, 2.75) is 20.3 Å². The molecule has 8 heteroatoms. The molecule has 19 heavy (non-hydrogen) atoms. The Morgan fingerprint density at radius 2 is 1.89 bits per heavy atom. The summed E-state index contributed by atoms with van der Waals surface area (Å²) < 4.78 is 0. The standard InChI is InChI=1S/C11H17N5S.BrH.Cu/c1-5-9-10(13-7-6-12-9)8(2)14-15-11(17)16(3)4;;/h6-7H,5H2,1-4H3,(H,15,17);1H;/p-2/b14-8+;;. The summed E-state index contributed by atoms with van der Waals surface area (Å²) in [5.74, 6) is 0. The summed E-state index contributed by atoms with van der Waals surface area (Å²) in [4.78, 5) is 10.2. The van der Waals surface area contributed by atoms with Crippen molar-refractivity contribution in [1.29, 1.82) is 0 Å². The van der Waals surface area contributed by atoms with Gasteiger partial charge >= 0.3 is 28.3 Å². The van der Waals surface area contributed by atoms with E-state index in [4.69, 9.17) is 12.6 Å². The molecule has 0 aromatic carbocycles. The van der Waals surface area contributed by atoms with E-state index in [0.29, 0.717) is 5.17 Å². The normalized spacial score (nSPS) is 11.7. The van der Waals surface area contributed by atoms with Gasteiger partial charge in [0.2, 0.25) is 0 Å². The van der Waals surface area contributed by atoms with Gasteiger partial charge in [-0.05, 0) is 13.3 Å². The number of halogens is 1. The molecular formula is C11H16BrCuN5S-2. The fourth-order valence-corrected chi connectivity index (χ4v) is 1.22. The Hall–Kier alpha value is -0.561. The van der Waals surface area contributed by atoms with Gasteiger partial charge in [0, 0.05) is 31.7 Å². The molecule has 0 atom stereocenters. The predicted molar refractivity (Wildman–Crippen MR) is 81.0 cm³/mol. The van der Waals surface area contributed by atoms with Crippen molar-refractivity contribution in [2.75, 3.05) is 14.1 Å². The van der Waals surface area contributed by atoms with Crippen LogP contribution in [0, 0.1) is 0 Å². The zero-order chi connectivity index (χ0) is 14.8. The van der Waals surface area contributed by atoms with Crippen LogP contribution in [0.4, 0.5) is 0 Å². The molecule has 0 spiro atoms. The van der Waals surface area contributed by atoms with E-state index in [1.807, 2.05) is 27.9 Å². The van der Waals surface area contributed by atoms with Crippen LogP contribution in [-0.2, 0) is 33.3 Å². The van der Waals surface area contributed by atoms with Crippen molar-refractivity contribution < 1.29 is 14.2 Å². The van der Waals surface area contributed by atoms with Crippen LogP contribution in [0.3, 0.4) is 0 Å². The molecule has 0 N–H and O–H groups in total. The number of aromatic nitrogens is 2. The van der Waals surface area contributed by atoms with Crippen LogP contribution in [0.15, 0.2) is 22.6 Å². The van der Waals surface area contributed by atoms with Gasteiger partial charge < -0.3 is 17.5 Å². The van der Waals surface area contributed by atoms with Crippen molar-refractivity contribution in [1.82, 2.24) is 14.9 Å². The van der Waals surface area contributed by atoms with E-state index in [9.17, 15) is 0 Å². The second-order valence-corrected chi connectivity index (χ2v) is 4.03. The molecule has 0 saturated heterocycles. The third kappa shape index (κ3) is 6.42. The molecule has 0 fully saturated rings. The van der Waals surface area contributed by atoms with Gasteiger partial charge in [-0.3, -0.25) is 9.97 Å². The molecule has 0 aliphatic carbocycles. The van der Waals surface area contributed by atoms with Gasteiger partial charge in [-0.2, -0.15) is 10.2 Å². The molecule has 0 unspecified atom stereocenters. The number of hydrogen-bond acceptors (Lipinski definition) is 5. The van der Waals surface area contributed by atoms with Crippen molar-refractivity contribution >= 4 is 37.6 Å². The van der Waals surface area contributed by atoms with Crippen LogP contribution in [0.2, 0.25) is 0 Å². The van der Waals surface area contributed by atoms with E-state index in [0.717, 1.165) is 23.5 Å². The summed E-state index contributed by atoms with van der Waals surface area (Å²) in [5.41, 5.74) is 2.42. The van der Waals surface area contributed by atoms with Gasteiger partial charge in [0.15, 0.2) is 0 Å². The Labute approximate surface area is 134 Å². The van der Waals surface area contributed by atoms with Crippen LogP contribution < -0.4 is 0 Å². The molecule has 1 aromatic rings. The summed E-state index contributed by atoms with van der Waals surface area (Å²) in [6.07, 6.45) is 4.14. The molecule has 1 aromatic heterocycles. The van der Waals surface area contributed by atoms with E-state index < -0.39 is 0 Å². The molecule has 0 aliphatic rings. The Balaban J connectivity index is 0.00000154. The predicted octanol–water partition coefficient (Wildman–Crippen LogP) is 2.07. The molecule has 0 bridgehead atoms. The summed E-state index contributed by atoms with van der Waals surface area (Å²) in [6.45, 7) is 3.88. The van der Waals surface area contributed by atoms with Crippen LogP contribution in [0.25, 0.3) is 0 Å². The van der Waals surface area contributed by atoms with Crippen LogP contribution >= 0.6 is 14.1 Å². The molecule has 0 aliphatic heterocycles. The molecule has 5 nitrogen and oxygen atoms in total. The van der Waals surface area contributed by atoms with Gasteiger partial charge in [-0.1, -0.05) is 6.92 Å². The summed E-state index contributed by atoms with van der Waals surface area (Å²) in [7, 11) is 3.66. The van der Waals surface area contributed by atoms with Gasteiger partial charge in [-0.15, -0.1) is 0 Å². The minimum absolute atomic E-state index is 0.436. The third-order valence-corrected chi connectivity index (χ3v) is 2.57. The van der Waals surface area contributed by atoms with Gasteiger partial charge in [-0.25, -0.2) is 0 Å². The Morgan fingerprint density at radius 1 is 1.32 bits per heavy atom. The number of nitrogens with zero attached hydrogens (tertiary/aromatic N) is 5. The Kier molecular flexibility index (Phi) is 9.95. The van der Waals surface area contributed by atoms with Crippen molar-refractivity contribution in [2.24, 2.45) is 10.2 Å². The van der Waals surface area contributed by atoms with E-state index >= 15 is 0 Å². The minimum atomic E-state index is 0.436. The maximum absolute atomic E-state index is 5.02. The average molecular weight is 394 g/mol. The molecule has 1 rings (SSSR count). The van der Waals surface area contributed by atoms with Gasteiger partial charge in [0.25, 0.3) is 0 Å². The first-order chi connectivity index (χ1) is 9.06. The fourth-order valence-electron chi connectivity index (χ4n) is 1.18. The maximum atomic E-state index is 5.02. The van der Waals surface area contributed by atoms with Gasteiger partial charge in [0.05, 0.1) is 11.4 Å². The fraction of sp³-hybridized carbons (Fsp3) is 0.455. The van der Waals surface area contributed by atoms with Crippen molar-refractivity contribution in [3.63, 3.8) is 0 Å². The topological polar surface area (TPSA) is 53.7 Å². The SMILES string of the molecule is CCc1nccnc1/C(C)=N/N=C(\[S-])N(C)C.[Cu-][Br]. The van der Waals surface area contributed by atoms with Crippen molar-refractivity contribution in [3.05, 3.63) is 23.8 Å². The Bertz CT molecular complexity index is 450. The first-order valence-electron chi connectivity index (χ1n) is 5.44. The second-order valence-electron chi connectivity index (χ2n) is 3.67. The number of aryl methyl sites for hydroxylation is 1. The monoisotopic (exact) mass is 392 g/mol. The zero-order valence-electron chi connectivity index (χ0n) is 11.2. The van der Waals surface area contributed by atoms with E-state index in [1.165, 1.54) is 0 Å². The average Bonchev–Trinajstić information content (AvgIpc) is 2.46. The van der Waals surface area contributed by atoms with E-state index in [2.05, 4.69) is 48.5 Å².